The number of carbonyl (C=O) groups excluding carboxylic acids is 1. The minimum Gasteiger partial charge on any atom is -0.383 e. The molecule has 1 aromatic carbocycles. The predicted octanol–water partition coefficient (Wildman–Crippen LogP) is 3.06. The van der Waals surface area contributed by atoms with Crippen LogP contribution in [-0.2, 0) is 5.60 Å². The van der Waals surface area contributed by atoms with Gasteiger partial charge in [-0.3, -0.25) is 0 Å². The summed E-state index contributed by atoms with van der Waals surface area (Å²) in [4.78, 5) is 11.6. The zero-order chi connectivity index (χ0) is 15.5. The van der Waals surface area contributed by atoms with Crippen LogP contribution in [-0.4, -0.2) is 17.7 Å². The van der Waals surface area contributed by atoms with E-state index in [1.54, 1.807) is 16.8 Å². The predicted molar refractivity (Wildman–Crippen MR) is 77.3 cm³/mol. The number of thiophene rings is 1. The zero-order valence-corrected chi connectivity index (χ0v) is 12.0. The number of amides is 2. The summed E-state index contributed by atoms with van der Waals surface area (Å²) >= 11 is 1.43. The third-order valence-corrected chi connectivity index (χ3v) is 3.57. The van der Waals surface area contributed by atoms with Crippen LogP contribution in [0.15, 0.2) is 35.0 Å². The van der Waals surface area contributed by atoms with Crippen molar-refractivity contribution in [2.24, 2.45) is 0 Å². The summed E-state index contributed by atoms with van der Waals surface area (Å²) < 4.78 is 26.5. The number of hydrogen-bond acceptors (Lipinski definition) is 3. The quantitative estimate of drug-likeness (QED) is 0.812. The number of hydrogen-bond donors (Lipinski definition) is 3. The smallest absolute Gasteiger partial charge is 0.319 e. The number of carbonyl (C=O) groups is 1. The second kappa shape index (κ2) is 6.19. The van der Waals surface area contributed by atoms with Crippen LogP contribution in [0.3, 0.4) is 0 Å². The van der Waals surface area contributed by atoms with Gasteiger partial charge in [0.15, 0.2) is 0 Å². The summed E-state index contributed by atoms with van der Waals surface area (Å²) in [6, 6.07) is 4.11. The number of benzene rings is 1. The van der Waals surface area contributed by atoms with Gasteiger partial charge in [-0.2, -0.15) is 11.3 Å². The summed E-state index contributed by atoms with van der Waals surface area (Å²) in [5.74, 6) is -1.59. The van der Waals surface area contributed by atoms with Crippen molar-refractivity contribution in [2.75, 3.05) is 11.9 Å². The molecule has 7 heteroatoms. The molecule has 1 aromatic heterocycles. The van der Waals surface area contributed by atoms with Crippen molar-refractivity contribution >= 4 is 23.1 Å². The molecule has 2 amide bonds. The fourth-order valence-electron chi connectivity index (χ4n) is 1.78. The van der Waals surface area contributed by atoms with Crippen LogP contribution in [0.4, 0.5) is 19.3 Å². The lowest BCUT2D eigenvalue weighted by Gasteiger charge is -2.24. The Kier molecular flexibility index (Phi) is 4.54. The van der Waals surface area contributed by atoms with E-state index in [1.165, 1.54) is 18.3 Å². The number of urea groups is 1. The molecule has 0 radical (unpaired) electrons. The van der Waals surface area contributed by atoms with Crippen LogP contribution in [0.2, 0.25) is 0 Å². The highest BCUT2D eigenvalue weighted by atomic mass is 32.1. The van der Waals surface area contributed by atoms with E-state index < -0.39 is 23.3 Å². The van der Waals surface area contributed by atoms with Gasteiger partial charge in [0.2, 0.25) is 0 Å². The highest BCUT2D eigenvalue weighted by Crippen LogP contribution is 2.23. The SMILES string of the molecule is CC(O)(CNC(=O)Nc1ccsc1)c1ccc(F)cc1F. The molecular formula is C14H14F2N2O2S. The fourth-order valence-corrected chi connectivity index (χ4v) is 2.37. The van der Waals surface area contributed by atoms with E-state index >= 15 is 0 Å². The first-order chi connectivity index (χ1) is 9.88. The molecule has 0 spiro atoms. The number of halogens is 2. The highest BCUT2D eigenvalue weighted by molar-refractivity contribution is 7.08. The average Bonchev–Trinajstić information content (AvgIpc) is 2.89. The first kappa shape index (κ1) is 15.4. The van der Waals surface area contributed by atoms with Gasteiger partial charge in [-0.05, 0) is 24.4 Å². The topological polar surface area (TPSA) is 61.4 Å². The molecule has 0 saturated heterocycles. The molecule has 2 aromatic rings. The zero-order valence-electron chi connectivity index (χ0n) is 11.2. The fraction of sp³-hybridized carbons (Fsp3) is 0.214. The number of anilines is 1. The van der Waals surface area contributed by atoms with Crippen LogP contribution in [0.25, 0.3) is 0 Å². The van der Waals surface area contributed by atoms with E-state index in [9.17, 15) is 18.7 Å². The van der Waals surface area contributed by atoms with Crippen molar-refractivity contribution in [2.45, 2.75) is 12.5 Å². The number of nitrogens with one attached hydrogen (secondary N) is 2. The Hall–Kier alpha value is -1.99. The lowest BCUT2D eigenvalue weighted by molar-refractivity contribution is 0.0561. The largest absolute Gasteiger partial charge is 0.383 e. The first-order valence-corrected chi connectivity index (χ1v) is 7.08. The molecule has 0 aliphatic heterocycles. The Morgan fingerprint density at radius 3 is 2.76 bits per heavy atom. The van der Waals surface area contributed by atoms with Gasteiger partial charge in [-0.15, -0.1) is 0 Å². The van der Waals surface area contributed by atoms with Gasteiger partial charge in [0, 0.05) is 17.0 Å². The Morgan fingerprint density at radius 1 is 1.38 bits per heavy atom. The summed E-state index contributed by atoms with van der Waals surface area (Å²) in [5, 5.41) is 18.8. The minimum absolute atomic E-state index is 0.0836. The van der Waals surface area contributed by atoms with Gasteiger partial charge in [0.05, 0.1) is 12.2 Å². The maximum atomic E-state index is 13.6. The Morgan fingerprint density at radius 2 is 2.14 bits per heavy atom. The van der Waals surface area contributed by atoms with Gasteiger partial charge < -0.3 is 15.7 Å². The molecule has 0 aliphatic carbocycles. The van der Waals surface area contributed by atoms with Gasteiger partial charge in [0.25, 0.3) is 0 Å². The Bertz CT molecular complexity index is 630. The molecule has 0 aliphatic rings. The summed E-state index contributed by atoms with van der Waals surface area (Å²) in [6.07, 6.45) is 0. The van der Waals surface area contributed by atoms with Crippen molar-refractivity contribution in [1.29, 1.82) is 0 Å². The molecular weight excluding hydrogens is 298 g/mol. The van der Waals surface area contributed by atoms with Crippen LogP contribution in [0.1, 0.15) is 12.5 Å². The van der Waals surface area contributed by atoms with E-state index in [1.807, 2.05) is 0 Å². The molecule has 1 atom stereocenters. The average molecular weight is 312 g/mol. The molecule has 3 N–H and O–H groups in total. The highest BCUT2D eigenvalue weighted by Gasteiger charge is 2.27. The second-order valence-corrected chi connectivity index (χ2v) is 5.50. The standard InChI is InChI=1S/C14H14F2N2O2S/c1-14(20,11-3-2-9(15)6-12(11)16)8-17-13(19)18-10-4-5-21-7-10/h2-7,20H,8H2,1H3,(H2,17,18,19). The van der Waals surface area contributed by atoms with E-state index in [4.69, 9.17) is 0 Å². The van der Waals surface area contributed by atoms with Crippen LogP contribution in [0.5, 0.6) is 0 Å². The van der Waals surface area contributed by atoms with Crippen molar-refractivity contribution in [3.63, 3.8) is 0 Å². The monoisotopic (exact) mass is 312 g/mol. The van der Waals surface area contributed by atoms with Gasteiger partial charge in [-0.25, -0.2) is 13.6 Å². The minimum atomic E-state index is -1.65. The van der Waals surface area contributed by atoms with Gasteiger partial charge >= 0.3 is 6.03 Å². The van der Waals surface area contributed by atoms with Crippen LogP contribution < -0.4 is 10.6 Å². The Balaban J connectivity index is 1.98. The normalized spacial score (nSPS) is 13.5. The first-order valence-electron chi connectivity index (χ1n) is 6.13. The van der Waals surface area contributed by atoms with E-state index in [0.29, 0.717) is 11.8 Å². The number of aliphatic hydroxyl groups is 1. The third-order valence-electron chi connectivity index (χ3n) is 2.88. The molecule has 0 saturated carbocycles. The lowest BCUT2D eigenvalue weighted by atomic mass is 9.95. The van der Waals surface area contributed by atoms with E-state index in [2.05, 4.69) is 10.6 Å². The summed E-state index contributed by atoms with van der Waals surface area (Å²) in [5.41, 5.74) is -1.10. The van der Waals surface area contributed by atoms with Gasteiger partial charge in [-0.1, -0.05) is 6.07 Å². The molecule has 21 heavy (non-hydrogen) atoms. The van der Waals surface area contributed by atoms with E-state index in [0.717, 1.165) is 12.1 Å². The summed E-state index contributed by atoms with van der Waals surface area (Å²) in [7, 11) is 0. The maximum Gasteiger partial charge on any atom is 0.319 e. The second-order valence-electron chi connectivity index (χ2n) is 4.72. The van der Waals surface area contributed by atoms with Crippen molar-refractivity contribution < 1.29 is 18.7 Å². The molecule has 112 valence electrons. The lowest BCUT2D eigenvalue weighted by Crippen LogP contribution is -2.41. The molecule has 1 unspecified atom stereocenters. The number of rotatable bonds is 4. The molecule has 4 nitrogen and oxygen atoms in total. The molecule has 0 bridgehead atoms. The maximum absolute atomic E-state index is 13.6. The third kappa shape index (κ3) is 3.99. The van der Waals surface area contributed by atoms with Gasteiger partial charge in [0.1, 0.15) is 17.2 Å². The molecule has 1 heterocycles. The molecule has 0 fully saturated rings. The van der Waals surface area contributed by atoms with E-state index in [-0.39, 0.29) is 12.1 Å². The van der Waals surface area contributed by atoms with Crippen molar-refractivity contribution in [3.8, 4) is 0 Å². The van der Waals surface area contributed by atoms with Crippen LogP contribution in [0, 0.1) is 11.6 Å². The summed E-state index contributed by atoms with van der Waals surface area (Å²) in [6.45, 7) is 1.12. The molecule has 2 rings (SSSR count). The Labute approximate surface area is 124 Å². The van der Waals surface area contributed by atoms with Crippen molar-refractivity contribution in [3.05, 3.63) is 52.2 Å². The van der Waals surface area contributed by atoms with Crippen molar-refractivity contribution in [1.82, 2.24) is 5.32 Å². The van der Waals surface area contributed by atoms with Crippen LogP contribution >= 0.6 is 11.3 Å².